The average molecular weight is 681 g/mol. The summed E-state index contributed by atoms with van der Waals surface area (Å²) in [6, 6.07) is 58.0. The monoisotopic (exact) mass is 680 g/mol. The molecule has 0 amide bonds. The Hall–Kier alpha value is -7.38. The van der Waals surface area contributed by atoms with E-state index in [-0.39, 0.29) is 0 Å². The maximum absolute atomic E-state index is 6.69. The van der Waals surface area contributed by atoms with Gasteiger partial charge in [-0.3, -0.25) is 9.47 Å². The molecule has 10 aromatic rings. The van der Waals surface area contributed by atoms with Crippen molar-refractivity contribution >= 4 is 50.3 Å². The van der Waals surface area contributed by atoms with Crippen LogP contribution >= 0.6 is 0 Å². The van der Waals surface area contributed by atoms with E-state index in [1.807, 2.05) is 84.9 Å². The fourth-order valence-corrected chi connectivity index (χ4v) is 7.59. The van der Waals surface area contributed by atoms with Crippen molar-refractivity contribution in [2.45, 2.75) is 0 Å². The highest BCUT2D eigenvalue weighted by Crippen LogP contribution is 2.49. The van der Waals surface area contributed by atoms with Crippen LogP contribution in [-0.4, -0.2) is 24.5 Å². The van der Waals surface area contributed by atoms with Crippen molar-refractivity contribution < 1.29 is 4.42 Å². The second kappa shape index (κ2) is 11.6. The Morgan fingerprint density at radius 3 is 1.77 bits per heavy atom. The number of imidazole rings is 1. The van der Waals surface area contributed by atoms with Gasteiger partial charge >= 0.3 is 0 Å². The molecule has 7 heteroatoms. The normalized spacial score (nSPS) is 12.1. The van der Waals surface area contributed by atoms with Gasteiger partial charge in [0, 0.05) is 33.0 Å². The molecule has 0 radical (unpaired) electrons. The van der Waals surface area contributed by atoms with Crippen LogP contribution in [0.5, 0.6) is 0 Å². The van der Waals surface area contributed by atoms with Crippen molar-refractivity contribution in [3.8, 4) is 51.0 Å². The predicted molar refractivity (Wildman–Crippen MR) is 212 cm³/mol. The first kappa shape index (κ1) is 29.4. The number of anilines is 3. The third kappa shape index (κ3) is 4.61. The van der Waals surface area contributed by atoms with Crippen LogP contribution in [0.3, 0.4) is 0 Å². The Morgan fingerprint density at radius 1 is 0.434 bits per heavy atom. The largest absolute Gasteiger partial charge is 0.455 e. The molecule has 4 heterocycles. The predicted octanol–water partition coefficient (Wildman–Crippen LogP) is 11.6. The van der Waals surface area contributed by atoms with Crippen LogP contribution in [0.2, 0.25) is 0 Å². The molecule has 248 valence electrons. The van der Waals surface area contributed by atoms with E-state index in [9.17, 15) is 0 Å². The van der Waals surface area contributed by atoms with Gasteiger partial charge < -0.3 is 4.42 Å². The zero-order chi connectivity index (χ0) is 34.9. The molecule has 7 aromatic carbocycles. The summed E-state index contributed by atoms with van der Waals surface area (Å²) < 4.78 is 8.96. The molecule has 0 aliphatic carbocycles. The first-order chi connectivity index (χ1) is 26.3. The van der Waals surface area contributed by atoms with Crippen LogP contribution in [0.25, 0.3) is 83.9 Å². The maximum Gasteiger partial charge on any atom is 0.220 e. The van der Waals surface area contributed by atoms with Gasteiger partial charge in [0.1, 0.15) is 11.2 Å². The SMILES string of the molecule is c1ccc(-c2nc(-c3ccccc3)nc(-c3cc(N4c5ccccc5-c5ccccc5-n5c4nc4ccccc45)cc4c3oc3ccccc34)n2)cc1. The molecule has 0 N–H and O–H groups in total. The summed E-state index contributed by atoms with van der Waals surface area (Å²) in [7, 11) is 0. The maximum atomic E-state index is 6.69. The zero-order valence-corrected chi connectivity index (χ0v) is 28.3. The quantitative estimate of drug-likeness (QED) is 0.184. The highest BCUT2D eigenvalue weighted by molar-refractivity contribution is 6.11. The standard InChI is InChI=1S/C46H28N6O/c1-3-15-29(16-4-1)43-48-44(30-17-5-2-6-18-30)50-45(49-43)36-28-31(27-35-34-21-9-14-26-41(34)53-42(35)36)51-38-23-11-7-19-32(38)33-20-8-12-24-39(33)52-40-25-13-10-22-37(40)47-46(51)52/h1-28H. The highest BCUT2D eigenvalue weighted by atomic mass is 16.3. The van der Waals surface area contributed by atoms with Crippen molar-refractivity contribution in [2.24, 2.45) is 0 Å². The first-order valence-corrected chi connectivity index (χ1v) is 17.6. The molecule has 0 saturated heterocycles. The summed E-state index contributed by atoms with van der Waals surface area (Å²) in [4.78, 5) is 22.9. The summed E-state index contributed by atoms with van der Waals surface area (Å²) in [6.07, 6.45) is 0. The Kier molecular flexibility index (Phi) is 6.42. The van der Waals surface area contributed by atoms with E-state index in [0.717, 1.165) is 78.2 Å². The van der Waals surface area contributed by atoms with Gasteiger partial charge in [-0.15, -0.1) is 0 Å². The lowest BCUT2D eigenvalue weighted by molar-refractivity contribution is 0.669. The second-order valence-electron chi connectivity index (χ2n) is 13.1. The number of fused-ring (bicyclic) bond motifs is 10. The molecular formula is C46H28N6O. The van der Waals surface area contributed by atoms with Crippen molar-refractivity contribution in [3.63, 3.8) is 0 Å². The van der Waals surface area contributed by atoms with E-state index in [1.54, 1.807) is 0 Å². The molecule has 0 saturated carbocycles. The number of para-hydroxylation sites is 5. The van der Waals surface area contributed by atoms with E-state index in [4.69, 9.17) is 24.4 Å². The number of nitrogens with zero attached hydrogens (tertiary/aromatic N) is 6. The van der Waals surface area contributed by atoms with Crippen molar-refractivity contribution in [1.82, 2.24) is 24.5 Å². The Morgan fingerprint density at radius 2 is 1.02 bits per heavy atom. The Labute approximate surface area is 304 Å². The molecule has 0 fully saturated rings. The van der Waals surface area contributed by atoms with Gasteiger partial charge in [0.25, 0.3) is 0 Å². The Bertz CT molecular complexity index is 2960. The lowest BCUT2D eigenvalue weighted by Gasteiger charge is -2.25. The molecule has 53 heavy (non-hydrogen) atoms. The van der Waals surface area contributed by atoms with Crippen LogP contribution in [-0.2, 0) is 0 Å². The topological polar surface area (TPSA) is 72.9 Å². The molecule has 1 aliphatic heterocycles. The fourth-order valence-electron chi connectivity index (χ4n) is 7.59. The summed E-state index contributed by atoms with van der Waals surface area (Å²) in [6.45, 7) is 0. The lowest BCUT2D eigenvalue weighted by atomic mass is 10.0. The number of rotatable bonds is 4. The Balaban J connectivity index is 1.25. The van der Waals surface area contributed by atoms with E-state index in [2.05, 4.69) is 94.4 Å². The van der Waals surface area contributed by atoms with Crippen molar-refractivity contribution in [1.29, 1.82) is 0 Å². The van der Waals surface area contributed by atoms with Gasteiger partial charge in [-0.2, -0.15) is 0 Å². The molecule has 11 rings (SSSR count). The molecule has 3 aromatic heterocycles. The zero-order valence-electron chi connectivity index (χ0n) is 28.3. The lowest BCUT2D eigenvalue weighted by Crippen LogP contribution is -2.14. The molecule has 7 nitrogen and oxygen atoms in total. The van der Waals surface area contributed by atoms with Gasteiger partial charge in [0.15, 0.2) is 17.5 Å². The smallest absolute Gasteiger partial charge is 0.220 e. The van der Waals surface area contributed by atoms with Gasteiger partial charge in [0.05, 0.1) is 33.7 Å². The van der Waals surface area contributed by atoms with Gasteiger partial charge in [-0.25, -0.2) is 19.9 Å². The minimum Gasteiger partial charge on any atom is -0.455 e. The number of aromatic nitrogens is 5. The second-order valence-corrected chi connectivity index (χ2v) is 13.1. The van der Waals surface area contributed by atoms with E-state index < -0.39 is 0 Å². The number of furan rings is 1. The fraction of sp³-hybridized carbons (Fsp3) is 0. The van der Waals surface area contributed by atoms with E-state index >= 15 is 0 Å². The van der Waals surface area contributed by atoms with Crippen LogP contribution in [0.15, 0.2) is 174 Å². The van der Waals surface area contributed by atoms with Gasteiger partial charge in [-0.05, 0) is 42.5 Å². The molecule has 0 bridgehead atoms. The van der Waals surface area contributed by atoms with Gasteiger partial charge in [0.2, 0.25) is 5.95 Å². The third-order valence-corrected chi connectivity index (χ3v) is 9.98. The van der Waals surface area contributed by atoms with Crippen LogP contribution in [0.4, 0.5) is 17.3 Å². The van der Waals surface area contributed by atoms with Crippen LogP contribution in [0, 0.1) is 0 Å². The summed E-state index contributed by atoms with van der Waals surface area (Å²) >= 11 is 0. The van der Waals surface area contributed by atoms with Crippen LogP contribution in [0.1, 0.15) is 0 Å². The number of hydrogen-bond donors (Lipinski definition) is 0. The summed E-state index contributed by atoms with van der Waals surface area (Å²) in [5.74, 6) is 2.47. The molecule has 0 unspecified atom stereocenters. The molecular weight excluding hydrogens is 653 g/mol. The third-order valence-electron chi connectivity index (χ3n) is 9.98. The first-order valence-electron chi connectivity index (χ1n) is 17.6. The van der Waals surface area contributed by atoms with Gasteiger partial charge in [-0.1, -0.05) is 127 Å². The molecule has 1 aliphatic rings. The van der Waals surface area contributed by atoms with Crippen molar-refractivity contribution in [2.75, 3.05) is 4.90 Å². The minimum absolute atomic E-state index is 0.517. The number of hydrogen-bond acceptors (Lipinski definition) is 6. The summed E-state index contributed by atoms with van der Waals surface area (Å²) in [5.41, 5.74) is 11.2. The highest BCUT2D eigenvalue weighted by Gasteiger charge is 2.30. The minimum atomic E-state index is 0.517. The van der Waals surface area contributed by atoms with E-state index in [0.29, 0.717) is 23.1 Å². The van der Waals surface area contributed by atoms with Crippen LogP contribution < -0.4 is 4.90 Å². The molecule has 0 atom stereocenters. The summed E-state index contributed by atoms with van der Waals surface area (Å²) in [5, 5.41) is 1.96. The van der Waals surface area contributed by atoms with Crippen molar-refractivity contribution in [3.05, 3.63) is 170 Å². The number of benzene rings is 7. The van der Waals surface area contributed by atoms with E-state index in [1.165, 1.54) is 0 Å². The molecule has 0 spiro atoms. The average Bonchev–Trinajstić information content (AvgIpc) is 3.77.